The Kier molecular flexibility index (Phi) is 3.85. The molecule has 112 valence electrons. The lowest BCUT2D eigenvalue weighted by Crippen LogP contribution is -2.36. The van der Waals surface area contributed by atoms with E-state index in [1.807, 2.05) is 0 Å². The standard InChI is InChI=1S/C16H18O3S2/c1-2-12-13(17-7-10-3-5-20-9-10)14-15(19-12)16-11(8-18-14)4-6-21-16/h3-6,9,12-15H,2,7-8H2,1H3/t12-,13+,14+,15+/m1/s1. The van der Waals surface area contributed by atoms with Crippen molar-refractivity contribution in [3.63, 3.8) is 0 Å². The maximum Gasteiger partial charge on any atom is 0.121 e. The van der Waals surface area contributed by atoms with Gasteiger partial charge in [0.2, 0.25) is 0 Å². The van der Waals surface area contributed by atoms with Crippen molar-refractivity contribution in [2.75, 3.05) is 0 Å². The van der Waals surface area contributed by atoms with E-state index in [0.717, 1.165) is 6.42 Å². The Morgan fingerprint density at radius 1 is 1.33 bits per heavy atom. The van der Waals surface area contributed by atoms with Crippen molar-refractivity contribution in [1.29, 1.82) is 0 Å². The highest BCUT2D eigenvalue weighted by Gasteiger charge is 2.49. The molecule has 2 aliphatic rings. The van der Waals surface area contributed by atoms with Crippen LogP contribution in [0.3, 0.4) is 0 Å². The first-order valence-electron chi connectivity index (χ1n) is 7.33. The van der Waals surface area contributed by atoms with Gasteiger partial charge in [-0.2, -0.15) is 11.3 Å². The molecule has 0 N–H and O–H groups in total. The summed E-state index contributed by atoms with van der Waals surface area (Å²) < 4.78 is 18.5. The summed E-state index contributed by atoms with van der Waals surface area (Å²) in [5, 5.41) is 6.34. The average Bonchev–Trinajstić information content (AvgIpc) is 3.22. The zero-order valence-electron chi connectivity index (χ0n) is 11.9. The van der Waals surface area contributed by atoms with Gasteiger partial charge >= 0.3 is 0 Å². The number of ether oxygens (including phenoxy) is 3. The summed E-state index contributed by atoms with van der Waals surface area (Å²) in [4.78, 5) is 1.33. The third kappa shape index (κ3) is 2.47. The molecule has 0 bridgehead atoms. The minimum atomic E-state index is 0.0233. The van der Waals surface area contributed by atoms with Gasteiger partial charge in [0.25, 0.3) is 0 Å². The molecular weight excluding hydrogens is 304 g/mol. The maximum atomic E-state index is 6.24. The molecular formula is C16H18O3S2. The van der Waals surface area contributed by atoms with Crippen LogP contribution in [-0.4, -0.2) is 18.3 Å². The Bertz CT molecular complexity index is 592. The Morgan fingerprint density at radius 2 is 2.29 bits per heavy atom. The van der Waals surface area contributed by atoms with E-state index in [1.54, 1.807) is 22.7 Å². The second kappa shape index (κ2) is 5.82. The van der Waals surface area contributed by atoms with Crippen molar-refractivity contribution in [3.05, 3.63) is 44.3 Å². The van der Waals surface area contributed by atoms with Crippen LogP contribution < -0.4 is 0 Å². The minimum Gasteiger partial charge on any atom is -0.368 e. The molecule has 1 fully saturated rings. The second-order valence-electron chi connectivity index (χ2n) is 5.50. The van der Waals surface area contributed by atoms with Crippen molar-refractivity contribution in [1.82, 2.24) is 0 Å². The molecule has 1 saturated heterocycles. The molecule has 2 aliphatic heterocycles. The van der Waals surface area contributed by atoms with Gasteiger partial charge in [-0.3, -0.25) is 0 Å². The van der Waals surface area contributed by atoms with Gasteiger partial charge in [-0.1, -0.05) is 6.92 Å². The molecule has 21 heavy (non-hydrogen) atoms. The highest BCUT2D eigenvalue weighted by atomic mass is 32.1. The fourth-order valence-corrected chi connectivity index (χ4v) is 4.75. The molecule has 0 unspecified atom stereocenters. The number of rotatable bonds is 4. The molecule has 5 heteroatoms. The van der Waals surface area contributed by atoms with Gasteiger partial charge in [-0.25, -0.2) is 0 Å². The Labute approximate surface area is 132 Å². The van der Waals surface area contributed by atoms with Crippen LogP contribution in [0.5, 0.6) is 0 Å². The SMILES string of the molecule is CC[C@H]1O[C@@H]2c3sccc3CO[C@H]2[C@H]1OCc1ccsc1. The Hall–Kier alpha value is -0.720. The molecule has 0 spiro atoms. The number of hydrogen-bond donors (Lipinski definition) is 0. The molecule has 0 amide bonds. The van der Waals surface area contributed by atoms with Crippen molar-refractivity contribution in [2.45, 2.75) is 51.0 Å². The monoisotopic (exact) mass is 322 g/mol. The zero-order chi connectivity index (χ0) is 14.2. The lowest BCUT2D eigenvalue weighted by atomic mass is 10.0. The lowest BCUT2D eigenvalue weighted by Gasteiger charge is -2.28. The normalized spacial score (nSPS) is 31.1. The molecule has 4 atom stereocenters. The van der Waals surface area contributed by atoms with Crippen LogP contribution in [0.1, 0.15) is 35.5 Å². The largest absolute Gasteiger partial charge is 0.368 e. The van der Waals surface area contributed by atoms with Gasteiger partial charge < -0.3 is 14.2 Å². The summed E-state index contributed by atoms with van der Waals surface area (Å²) in [6, 6.07) is 4.25. The molecule has 2 aromatic rings. The quantitative estimate of drug-likeness (QED) is 0.846. The smallest absolute Gasteiger partial charge is 0.121 e. The van der Waals surface area contributed by atoms with Crippen LogP contribution in [0, 0.1) is 0 Å². The predicted molar refractivity (Wildman–Crippen MR) is 83.7 cm³/mol. The molecule has 4 rings (SSSR count). The average molecular weight is 322 g/mol. The van der Waals surface area contributed by atoms with Gasteiger partial charge in [0.15, 0.2) is 0 Å². The topological polar surface area (TPSA) is 27.7 Å². The van der Waals surface area contributed by atoms with E-state index in [2.05, 4.69) is 35.2 Å². The van der Waals surface area contributed by atoms with Crippen LogP contribution >= 0.6 is 22.7 Å². The van der Waals surface area contributed by atoms with E-state index in [-0.39, 0.29) is 24.4 Å². The van der Waals surface area contributed by atoms with Crippen molar-refractivity contribution >= 4 is 22.7 Å². The van der Waals surface area contributed by atoms with Gasteiger partial charge in [0, 0.05) is 4.88 Å². The molecule has 3 nitrogen and oxygen atoms in total. The van der Waals surface area contributed by atoms with Crippen LogP contribution in [0.4, 0.5) is 0 Å². The highest BCUT2D eigenvalue weighted by molar-refractivity contribution is 7.10. The number of fused-ring (bicyclic) bond motifs is 3. The third-order valence-corrected chi connectivity index (χ3v) is 5.96. The van der Waals surface area contributed by atoms with Gasteiger partial charge in [0.05, 0.1) is 19.3 Å². The van der Waals surface area contributed by atoms with E-state index >= 15 is 0 Å². The van der Waals surface area contributed by atoms with Gasteiger partial charge in [-0.15, -0.1) is 11.3 Å². The van der Waals surface area contributed by atoms with Crippen LogP contribution in [0.25, 0.3) is 0 Å². The summed E-state index contributed by atoms with van der Waals surface area (Å²) in [6.45, 7) is 3.47. The van der Waals surface area contributed by atoms with Crippen molar-refractivity contribution in [3.8, 4) is 0 Å². The number of hydrogen-bond acceptors (Lipinski definition) is 5. The predicted octanol–water partition coefficient (Wildman–Crippen LogP) is 4.14. The molecule has 0 radical (unpaired) electrons. The van der Waals surface area contributed by atoms with Crippen LogP contribution in [0.2, 0.25) is 0 Å². The van der Waals surface area contributed by atoms with Gasteiger partial charge in [0.1, 0.15) is 18.3 Å². The zero-order valence-corrected chi connectivity index (χ0v) is 13.5. The fourth-order valence-electron chi connectivity index (χ4n) is 3.12. The van der Waals surface area contributed by atoms with Crippen LogP contribution in [-0.2, 0) is 27.4 Å². The van der Waals surface area contributed by atoms with E-state index in [9.17, 15) is 0 Å². The summed E-state index contributed by atoms with van der Waals surface area (Å²) in [7, 11) is 0. The summed E-state index contributed by atoms with van der Waals surface area (Å²) in [5.41, 5.74) is 2.50. The van der Waals surface area contributed by atoms with Gasteiger partial charge in [-0.05, 0) is 45.8 Å². The Morgan fingerprint density at radius 3 is 3.10 bits per heavy atom. The highest BCUT2D eigenvalue weighted by Crippen LogP contribution is 2.45. The van der Waals surface area contributed by atoms with Crippen LogP contribution in [0.15, 0.2) is 28.3 Å². The fraction of sp³-hybridized carbons (Fsp3) is 0.500. The first-order chi connectivity index (χ1) is 10.4. The summed E-state index contributed by atoms with van der Waals surface area (Å²) in [5.74, 6) is 0. The third-order valence-electron chi connectivity index (χ3n) is 4.21. The summed E-state index contributed by atoms with van der Waals surface area (Å²) >= 11 is 3.48. The summed E-state index contributed by atoms with van der Waals surface area (Å²) in [6.07, 6.45) is 1.17. The second-order valence-corrected chi connectivity index (χ2v) is 7.22. The van der Waals surface area contributed by atoms with E-state index in [4.69, 9.17) is 14.2 Å². The van der Waals surface area contributed by atoms with E-state index < -0.39 is 0 Å². The first kappa shape index (κ1) is 13.9. The Balaban J connectivity index is 1.53. The minimum absolute atomic E-state index is 0.0233. The van der Waals surface area contributed by atoms with E-state index in [1.165, 1.54) is 16.0 Å². The first-order valence-corrected chi connectivity index (χ1v) is 9.15. The number of thiophene rings is 2. The maximum absolute atomic E-state index is 6.24. The van der Waals surface area contributed by atoms with Crippen molar-refractivity contribution in [2.24, 2.45) is 0 Å². The molecule has 2 aromatic heterocycles. The van der Waals surface area contributed by atoms with Crippen molar-refractivity contribution < 1.29 is 14.2 Å². The molecule has 4 heterocycles. The molecule has 0 saturated carbocycles. The molecule has 0 aliphatic carbocycles. The lowest BCUT2D eigenvalue weighted by molar-refractivity contribution is -0.0852. The molecule has 0 aromatic carbocycles. The van der Waals surface area contributed by atoms with E-state index in [0.29, 0.717) is 13.2 Å².